The van der Waals surface area contributed by atoms with Crippen molar-refractivity contribution in [3.05, 3.63) is 35.9 Å². The second kappa shape index (κ2) is 5.78. The third-order valence-electron chi connectivity index (χ3n) is 2.26. The summed E-state index contributed by atoms with van der Waals surface area (Å²) in [5.74, 6) is 0.495. The highest BCUT2D eigenvalue weighted by molar-refractivity contribution is 5.18. The summed E-state index contributed by atoms with van der Waals surface area (Å²) < 4.78 is 0. The molecule has 0 aliphatic rings. The molecule has 0 saturated heterocycles. The molecule has 0 heterocycles. The minimum absolute atomic E-state index is 0.266. The summed E-state index contributed by atoms with van der Waals surface area (Å²) in [6.45, 7) is 5.55. The highest BCUT2D eigenvalue weighted by Gasteiger charge is 2.04. The average Bonchev–Trinajstić information content (AvgIpc) is 2.18. The first-order valence-corrected chi connectivity index (χ1v) is 5.14. The first-order valence-electron chi connectivity index (χ1n) is 5.14. The zero-order valence-corrected chi connectivity index (χ0v) is 8.90. The predicted molar refractivity (Wildman–Crippen MR) is 59.4 cm³/mol. The van der Waals surface area contributed by atoms with E-state index >= 15 is 0 Å². The highest BCUT2D eigenvalue weighted by atomic mass is 16.3. The van der Waals surface area contributed by atoms with Gasteiger partial charge in [0.1, 0.15) is 0 Å². The van der Waals surface area contributed by atoms with Gasteiger partial charge in [0, 0.05) is 13.1 Å². The van der Waals surface area contributed by atoms with E-state index in [0.29, 0.717) is 12.5 Å². The van der Waals surface area contributed by atoms with Crippen LogP contribution in [-0.2, 0) is 0 Å². The van der Waals surface area contributed by atoms with Crippen LogP contribution in [0.4, 0.5) is 0 Å². The van der Waals surface area contributed by atoms with Gasteiger partial charge >= 0.3 is 0 Å². The van der Waals surface area contributed by atoms with Crippen molar-refractivity contribution in [2.75, 3.05) is 13.1 Å². The van der Waals surface area contributed by atoms with Crippen molar-refractivity contribution in [1.82, 2.24) is 5.32 Å². The van der Waals surface area contributed by atoms with Crippen molar-refractivity contribution < 1.29 is 5.11 Å². The van der Waals surface area contributed by atoms with Crippen LogP contribution in [0.15, 0.2) is 30.3 Å². The van der Waals surface area contributed by atoms with Crippen molar-refractivity contribution in [3.63, 3.8) is 0 Å². The molecule has 1 aromatic rings. The summed E-state index contributed by atoms with van der Waals surface area (Å²) >= 11 is 0. The standard InChI is InChI=1S/C12H19NO/c1-10(8-13-9-11(2)14)12-6-4-3-5-7-12/h3-7,10-11,13-14H,8-9H2,1-2H3/t10?,11-/m1/s1. The molecule has 2 heteroatoms. The number of aliphatic hydroxyl groups is 1. The largest absolute Gasteiger partial charge is 0.392 e. The van der Waals surface area contributed by atoms with Gasteiger partial charge in [0.25, 0.3) is 0 Å². The van der Waals surface area contributed by atoms with E-state index in [0.717, 1.165) is 6.54 Å². The Bertz CT molecular complexity index is 246. The molecule has 0 spiro atoms. The minimum atomic E-state index is -0.266. The molecule has 1 unspecified atom stereocenters. The lowest BCUT2D eigenvalue weighted by Crippen LogP contribution is -2.27. The lowest BCUT2D eigenvalue weighted by molar-refractivity contribution is 0.191. The van der Waals surface area contributed by atoms with Crippen LogP contribution in [0.2, 0.25) is 0 Å². The van der Waals surface area contributed by atoms with Gasteiger partial charge in [-0.3, -0.25) is 0 Å². The van der Waals surface area contributed by atoms with Crippen LogP contribution in [0.25, 0.3) is 0 Å². The summed E-state index contributed by atoms with van der Waals surface area (Å²) in [7, 11) is 0. The fourth-order valence-corrected chi connectivity index (χ4v) is 1.41. The molecule has 2 nitrogen and oxygen atoms in total. The Hall–Kier alpha value is -0.860. The smallest absolute Gasteiger partial charge is 0.0636 e. The van der Waals surface area contributed by atoms with Crippen molar-refractivity contribution in [2.24, 2.45) is 0 Å². The molecule has 14 heavy (non-hydrogen) atoms. The van der Waals surface area contributed by atoms with Crippen LogP contribution >= 0.6 is 0 Å². The fraction of sp³-hybridized carbons (Fsp3) is 0.500. The number of benzene rings is 1. The lowest BCUT2D eigenvalue weighted by Gasteiger charge is -2.13. The Morgan fingerprint density at radius 2 is 1.79 bits per heavy atom. The molecule has 0 saturated carbocycles. The van der Waals surface area contributed by atoms with Crippen LogP contribution < -0.4 is 5.32 Å². The Kier molecular flexibility index (Phi) is 4.63. The molecule has 78 valence electrons. The molecular formula is C12H19NO. The summed E-state index contributed by atoms with van der Waals surface area (Å²) in [6, 6.07) is 10.4. The third-order valence-corrected chi connectivity index (χ3v) is 2.26. The number of hydrogen-bond donors (Lipinski definition) is 2. The van der Waals surface area contributed by atoms with Crippen LogP contribution in [0.5, 0.6) is 0 Å². The van der Waals surface area contributed by atoms with Crippen molar-refractivity contribution in [3.8, 4) is 0 Å². The summed E-state index contributed by atoms with van der Waals surface area (Å²) in [6.07, 6.45) is -0.266. The predicted octanol–water partition coefficient (Wildman–Crippen LogP) is 1.76. The summed E-state index contributed by atoms with van der Waals surface area (Å²) in [4.78, 5) is 0. The molecule has 2 atom stereocenters. The van der Waals surface area contributed by atoms with E-state index in [1.165, 1.54) is 5.56 Å². The molecule has 1 aromatic carbocycles. The quantitative estimate of drug-likeness (QED) is 0.747. The average molecular weight is 193 g/mol. The Balaban J connectivity index is 2.32. The Morgan fingerprint density at radius 3 is 2.36 bits per heavy atom. The maximum absolute atomic E-state index is 9.07. The molecule has 0 bridgehead atoms. The van der Waals surface area contributed by atoms with Gasteiger partial charge in [-0.25, -0.2) is 0 Å². The van der Waals surface area contributed by atoms with Gasteiger partial charge < -0.3 is 10.4 Å². The maximum Gasteiger partial charge on any atom is 0.0636 e. The van der Waals surface area contributed by atoms with Gasteiger partial charge in [-0.1, -0.05) is 37.3 Å². The van der Waals surface area contributed by atoms with Crippen molar-refractivity contribution >= 4 is 0 Å². The number of rotatable bonds is 5. The number of hydrogen-bond acceptors (Lipinski definition) is 2. The van der Waals surface area contributed by atoms with E-state index < -0.39 is 0 Å². The Morgan fingerprint density at radius 1 is 1.14 bits per heavy atom. The minimum Gasteiger partial charge on any atom is -0.392 e. The molecule has 0 aliphatic heterocycles. The summed E-state index contributed by atoms with van der Waals surface area (Å²) in [5.41, 5.74) is 1.34. The van der Waals surface area contributed by atoms with Crippen LogP contribution in [0.1, 0.15) is 25.3 Å². The summed E-state index contributed by atoms with van der Waals surface area (Å²) in [5, 5.41) is 12.3. The number of aliphatic hydroxyl groups excluding tert-OH is 1. The van der Waals surface area contributed by atoms with Crippen LogP contribution in [0, 0.1) is 0 Å². The first kappa shape index (κ1) is 11.2. The molecular weight excluding hydrogens is 174 g/mol. The van der Waals surface area contributed by atoms with Gasteiger partial charge in [0.15, 0.2) is 0 Å². The van der Waals surface area contributed by atoms with Crippen LogP contribution in [-0.4, -0.2) is 24.3 Å². The molecule has 1 rings (SSSR count). The highest BCUT2D eigenvalue weighted by Crippen LogP contribution is 2.12. The normalized spacial score (nSPS) is 15.1. The van der Waals surface area contributed by atoms with Crippen LogP contribution in [0.3, 0.4) is 0 Å². The van der Waals surface area contributed by atoms with Crippen molar-refractivity contribution in [1.29, 1.82) is 0 Å². The fourth-order valence-electron chi connectivity index (χ4n) is 1.41. The molecule has 0 amide bonds. The molecule has 2 N–H and O–H groups in total. The van der Waals surface area contributed by atoms with E-state index in [-0.39, 0.29) is 6.10 Å². The first-order chi connectivity index (χ1) is 6.70. The topological polar surface area (TPSA) is 32.3 Å². The van der Waals surface area contributed by atoms with E-state index in [2.05, 4.69) is 36.5 Å². The van der Waals surface area contributed by atoms with Gasteiger partial charge in [0.2, 0.25) is 0 Å². The zero-order valence-electron chi connectivity index (χ0n) is 8.90. The second-order valence-electron chi connectivity index (χ2n) is 3.82. The molecule has 0 fully saturated rings. The van der Waals surface area contributed by atoms with Gasteiger partial charge in [-0.05, 0) is 18.4 Å². The van der Waals surface area contributed by atoms with Gasteiger partial charge in [-0.2, -0.15) is 0 Å². The van der Waals surface area contributed by atoms with E-state index in [1.807, 2.05) is 6.07 Å². The van der Waals surface area contributed by atoms with Gasteiger partial charge in [-0.15, -0.1) is 0 Å². The third kappa shape index (κ3) is 3.90. The van der Waals surface area contributed by atoms with E-state index in [9.17, 15) is 0 Å². The monoisotopic (exact) mass is 193 g/mol. The molecule has 0 radical (unpaired) electrons. The second-order valence-corrected chi connectivity index (χ2v) is 3.82. The molecule has 0 aliphatic carbocycles. The zero-order chi connectivity index (χ0) is 10.4. The number of nitrogens with one attached hydrogen (secondary N) is 1. The van der Waals surface area contributed by atoms with Crippen molar-refractivity contribution in [2.45, 2.75) is 25.9 Å². The van der Waals surface area contributed by atoms with Gasteiger partial charge in [0.05, 0.1) is 6.10 Å². The Labute approximate surface area is 86.0 Å². The molecule has 0 aromatic heterocycles. The SMILES string of the molecule is CC(CNC[C@@H](C)O)c1ccccc1. The van der Waals surface area contributed by atoms with E-state index in [4.69, 9.17) is 5.11 Å². The maximum atomic E-state index is 9.07. The van der Waals surface area contributed by atoms with E-state index in [1.54, 1.807) is 6.92 Å². The lowest BCUT2D eigenvalue weighted by atomic mass is 10.0.